The highest BCUT2D eigenvalue weighted by Crippen LogP contribution is 2.32. The van der Waals surface area contributed by atoms with E-state index >= 15 is 0 Å². The molecule has 0 spiro atoms. The number of nitrogens with one attached hydrogen (secondary N) is 1. The topological polar surface area (TPSA) is 119 Å². The minimum atomic E-state index is -0.537. The third kappa shape index (κ3) is 4.70. The molecular weight excluding hydrogens is 451 g/mol. The van der Waals surface area contributed by atoms with Crippen molar-refractivity contribution in [3.05, 3.63) is 63.4 Å². The number of fused-ring (bicyclic) bond motifs is 1. The number of hydrogen-bond donors (Lipinski definition) is 1. The molecule has 3 heterocycles. The fourth-order valence-corrected chi connectivity index (χ4v) is 4.13. The van der Waals surface area contributed by atoms with Gasteiger partial charge in [0, 0.05) is 38.7 Å². The van der Waals surface area contributed by atoms with Crippen molar-refractivity contribution >= 4 is 45.9 Å². The minimum Gasteiger partial charge on any atom is -0.354 e. The van der Waals surface area contributed by atoms with Crippen LogP contribution in [0.3, 0.4) is 0 Å². The van der Waals surface area contributed by atoms with Crippen molar-refractivity contribution in [1.82, 2.24) is 29.5 Å². The normalized spacial score (nSPS) is 15.1. The van der Waals surface area contributed by atoms with E-state index in [-0.39, 0.29) is 48.0 Å². The number of thioether (sulfide) groups is 1. The Morgan fingerprint density at radius 1 is 1.21 bits per heavy atom. The average molecular weight is 470 g/mol. The lowest BCUT2D eigenvalue weighted by Crippen LogP contribution is -2.37. The second kappa shape index (κ2) is 9.36. The van der Waals surface area contributed by atoms with Crippen LogP contribution in [0.15, 0.2) is 46.5 Å². The van der Waals surface area contributed by atoms with Crippen molar-refractivity contribution in [1.29, 1.82) is 0 Å². The van der Waals surface area contributed by atoms with Crippen LogP contribution >= 0.6 is 11.8 Å². The van der Waals surface area contributed by atoms with Crippen LogP contribution in [0.2, 0.25) is 0 Å². The van der Waals surface area contributed by atoms with Gasteiger partial charge in [0.25, 0.3) is 16.7 Å². The van der Waals surface area contributed by atoms with Crippen LogP contribution in [-0.2, 0) is 23.2 Å². The van der Waals surface area contributed by atoms with E-state index in [1.54, 1.807) is 13.1 Å². The molecule has 0 bridgehead atoms. The van der Waals surface area contributed by atoms with Gasteiger partial charge in [0.1, 0.15) is 11.2 Å². The van der Waals surface area contributed by atoms with E-state index in [1.807, 2.05) is 0 Å². The van der Waals surface area contributed by atoms with E-state index in [9.17, 15) is 23.6 Å². The molecule has 4 rings (SSSR count). The lowest BCUT2D eigenvalue weighted by atomic mass is 10.2. The number of aryl methyl sites for hydroxylation is 2. The number of rotatable bonds is 7. The van der Waals surface area contributed by atoms with Crippen LogP contribution in [0.25, 0.3) is 17.1 Å². The molecule has 2 aromatic heterocycles. The second-order valence-electron chi connectivity index (χ2n) is 7.20. The maximum Gasteiger partial charge on any atom is 0.293 e. The number of imide groups is 1. The van der Waals surface area contributed by atoms with Gasteiger partial charge in [-0.1, -0.05) is 18.2 Å². The van der Waals surface area contributed by atoms with Gasteiger partial charge in [-0.15, -0.1) is 0 Å². The average Bonchev–Trinajstić information content (AvgIpc) is 3.29. The number of carbonyl (C=O) groups excluding carboxylic acids is 3. The fraction of sp³-hybridized carbons (Fsp3) is 0.238. The highest BCUT2D eigenvalue weighted by Gasteiger charge is 2.34. The number of benzene rings is 1. The van der Waals surface area contributed by atoms with E-state index < -0.39 is 17.0 Å². The molecule has 33 heavy (non-hydrogen) atoms. The van der Waals surface area contributed by atoms with Gasteiger partial charge in [0.2, 0.25) is 5.91 Å². The molecule has 1 aromatic carbocycles. The molecule has 170 valence electrons. The van der Waals surface area contributed by atoms with Gasteiger partial charge in [-0.25, -0.2) is 9.37 Å². The van der Waals surface area contributed by atoms with Crippen molar-refractivity contribution in [3.8, 4) is 0 Å². The standard InChI is InChI=1S/C21H19FN6O4S/c1-26-18-14(11-25-26)19(30)27(12-24-18)8-6-17(29)23-7-9-28-20(31)16(33-21(28)32)10-13-4-2-3-5-15(13)22/h2-5,10-12H,6-9H2,1H3,(H,23,29)/b16-10-. The SMILES string of the molecule is Cn1ncc2c(=O)n(CCC(=O)NCCN3C(=O)S/C(=C\c4ccccc4F)C3=O)cnc21. The summed E-state index contributed by atoms with van der Waals surface area (Å²) >= 11 is 0.723. The molecule has 3 aromatic rings. The predicted octanol–water partition coefficient (Wildman–Crippen LogP) is 1.51. The Balaban J connectivity index is 1.29. The summed E-state index contributed by atoms with van der Waals surface area (Å²) < 4.78 is 16.6. The summed E-state index contributed by atoms with van der Waals surface area (Å²) in [5.41, 5.74) is 0.382. The largest absolute Gasteiger partial charge is 0.354 e. The van der Waals surface area contributed by atoms with Crippen LogP contribution < -0.4 is 10.9 Å². The van der Waals surface area contributed by atoms with Crippen molar-refractivity contribution < 1.29 is 18.8 Å². The van der Waals surface area contributed by atoms with Crippen molar-refractivity contribution in [3.63, 3.8) is 0 Å². The molecule has 0 saturated carbocycles. The van der Waals surface area contributed by atoms with E-state index in [1.165, 1.54) is 46.0 Å². The molecule has 0 unspecified atom stereocenters. The van der Waals surface area contributed by atoms with Gasteiger partial charge in [-0.05, 0) is 23.9 Å². The first-order chi connectivity index (χ1) is 15.8. The summed E-state index contributed by atoms with van der Waals surface area (Å²) in [5, 5.41) is 6.50. The van der Waals surface area contributed by atoms with Gasteiger partial charge in [-0.3, -0.25) is 33.3 Å². The van der Waals surface area contributed by atoms with Crippen LogP contribution in [0, 0.1) is 5.82 Å². The summed E-state index contributed by atoms with van der Waals surface area (Å²) in [6.45, 7) is 0.155. The number of nitrogens with zero attached hydrogens (tertiary/aromatic N) is 5. The highest BCUT2D eigenvalue weighted by atomic mass is 32.2. The smallest absolute Gasteiger partial charge is 0.293 e. The molecule has 3 amide bonds. The highest BCUT2D eigenvalue weighted by molar-refractivity contribution is 8.18. The lowest BCUT2D eigenvalue weighted by Gasteiger charge is -2.13. The van der Waals surface area contributed by atoms with E-state index in [0.717, 1.165) is 16.7 Å². The fourth-order valence-electron chi connectivity index (χ4n) is 3.27. The van der Waals surface area contributed by atoms with Crippen LogP contribution in [0.4, 0.5) is 9.18 Å². The molecule has 10 nitrogen and oxygen atoms in total. The lowest BCUT2D eigenvalue weighted by molar-refractivity contribution is -0.124. The summed E-state index contributed by atoms with van der Waals surface area (Å²) in [5.74, 6) is -1.37. The number of aromatic nitrogens is 4. The molecule has 0 atom stereocenters. The third-order valence-corrected chi connectivity index (χ3v) is 5.93. The van der Waals surface area contributed by atoms with E-state index in [4.69, 9.17) is 0 Å². The van der Waals surface area contributed by atoms with Gasteiger partial charge < -0.3 is 5.32 Å². The number of carbonyl (C=O) groups is 3. The van der Waals surface area contributed by atoms with Crippen molar-refractivity contribution in [2.24, 2.45) is 7.05 Å². The first kappa shape index (κ1) is 22.4. The molecule has 1 fully saturated rings. The molecule has 1 aliphatic rings. The number of amides is 3. The van der Waals surface area contributed by atoms with Crippen LogP contribution in [0.1, 0.15) is 12.0 Å². The Kier molecular flexibility index (Phi) is 6.36. The second-order valence-corrected chi connectivity index (χ2v) is 8.20. The first-order valence-electron chi connectivity index (χ1n) is 9.99. The van der Waals surface area contributed by atoms with Crippen molar-refractivity contribution in [2.75, 3.05) is 13.1 Å². The molecule has 0 aliphatic carbocycles. The van der Waals surface area contributed by atoms with Crippen molar-refractivity contribution in [2.45, 2.75) is 13.0 Å². The summed E-state index contributed by atoms with van der Waals surface area (Å²) in [4.78, 5) is 54.5. The van der Waals surface area contributed by atoms with Gasteiger partial charge in [0.15, 0.2) is 5.65 Å². The quantitative estimate of drug-likeness (QED) is 0.520. The Morgan fingerprint density at radius 2 is 2.00 bits per heavy atom. The Hall–Kier alpha value is -3.80. The Labute approximate surface area is 191 Å². The van der Waals surface area contributed by atoms with Gasteiger partial charge in [0.05, 0.1) is 17.4 Å². The van der Waals surface area contributed by atoms with E-state index in [2.05, 4.69) is 15.4 Å². The predicted molar refractivity (Wildman–Crippen MR) is 119 cm³/mol. The summed E-state index contributed by atoms with van der Waals surface area (Å²) in [7, 11) is 1.68. The minimum absolute atomic E-state index is 0.0163. The molecular formula is C21H19FN6O4S. The Morgan fingerprint density at radius 3 is 2.79 bits per heavy atom. The molecule has 0 radical (unpaired) electrons. The first-order valence-corrected chi connectivity index (χ1v) is 10.8. The maximum atomic E-state index is 13.8. The zero-order valence-electron chi connectivity index (χ0n) is 17.5. The third-order valence-electron chi connectivity index (χ3n) is 5.02. The zero-order valence-corrected chi connectivity index (χ0v) is 18.3. The van der Waals surface area contributed by atoms with Gasteiger partial charge in [-0.2, -0.15) is 5.10 Å². The maximum absolute atomic E-state index is 13.8. The Bertz CT molecular complexity index is 1350. The molecule has 1 saturated heterocycles. The zero-order chi connectivity index (χ0) is 23.5. The monoisotopic (exact) mass is 470 g/mol. The summed E-state index contributed by atoms with van der Waals surface area (Å²) in [6, 6.07) is 5.94. The number of hydrogen-bond acceptors (Lipinski definition) is 7. The van der Waals surface area contributed by atoms with Gasteiger partial charge >= 0.3 is 0 Å². The molecule has 1 N–H and O–H groups in total. The van der Waals surface area contributed by atoms with Crippen LogP contribution in [-0.4, -0.2) is 54.4 Å². The molecule has 12 heteroatoms. The van der Waals surface area contributed by atoms with E-state index in [0.29, 0.717) is 11.0 Å². The summed E-state index contributed by atoms with van der Waals surface area (Å²) in [6.07, 6.45) is 4.14. The molecule has 1 aliphatic heterocycles. The van der Waals surface area contributed by atoms with Crippen LogP contribution in [0.5, 0.6) is 0 Å². The number of halogens is 1.